The van der Waals surface area contributed by atoms with Crippen molar-refractivity contribution >= 4 is 0 Å². The average molecular weight is 278 g/mol. The summed E-state index contributed by atoms with van der Waals surface area (Å²) in [6.07, 6.45) is 6.08. The van der Waals surface area contributed by atoms with Crippen molar-refractivity contribution in [1.29, 1.82) is 0 Å². The van der Waals surface area contributed by atoms with Crippen LogP contribution in [-0.2, 0) is 0 Å². The summed E-state index contributed by atoms with van der Waals surface area (Å²) in [5.74, 6) is -0.120. The fourth-order valence-corrected chi connectivity index (χ4v) is 3.41. The van der Waals surface area contributed by atoms with Crippen LogP contribution in [-0.4, -0.2) is 24.0 Å². The van der Waals surface area contributed by atoms with E-state index in [1.165, 1.54) is 25.7 Å². The van der Waals surface area contributed by atoms with Crippen LogP contribution in [0, 0.1) is 12.7 Å². The van der Waals surface area contributed by atoms with Crippen molar-refractivity contribution in [2.24, 2.45) is 5.73 Å². The summed E-state index contributed by atoms with van der Waals surface area (Å²) in [6.45, 7) is 5.75. The molecule has 1 aliphatic heterocycles. The zero-order valence-electron chi connectivity index (χ0n) is 12.7. The quantitative estimate of drug-likeness (QED) is 0.908. The maximum absolute atomic E-state index is 14.2. The molecule has 2 nitrogen and oxygen atoms in total. The number of hydrogen-bond donors (Lipinski definition) is 1. The van der Waals surface area contributed by atoms with Gasteiger partial charge in [-0.05, 0) is 38.8 Å². The van der Waals surface area contributed by atoms with Gasteiger partial charge in [0.15, 0.2) is 0 Å². The van der Waals surface area contributed by atoms with Crippen LogP contribution in [0.5, 0.6) is 0 Å². The molecule has 20 heavy (non-hydrogen) atoms. The van der Waals surface area contributed by atoms with Crippen LogP contribution in [0.15, 0.2) is 18.2 Å². The predicted octanol–water partition coefficient (Wildman–Crippen LogP) is 3.79. The Balaban J connectivity index is 2.31. The maximum Gasteiger partial charge on any atom is 0.128 e. The van der Waals surface area contributed by atoms with Crippen molar-refractivity contribution in [1.82, 2.24) is 4.90 Å². The average Bonchev–Trinajstić information content (AvgIpc) is 2.69. The maximum atomic E-state index is 14.2. The second-order valence-electron chi connectivity index (χ2n) is 5.93. The molecule has 0 aliphatic carbocycles. The van der Waals surface area contributed by atoms with Crippen molar-refractivity contribution in [3.8, 4) is 0 Å². The monoisotopic (exact) mass is 278 g/mol. The van der Waals surface area contributed by atoms with Gasteiger partial charge >= 0.3 is 0 Å². The molecule has 0 saturated carbocycles. The minimum Gasteiger partial charge on any atom is -0.329 e. The van der Waals surface area contributed by atoms with Crippen LogP contribution in [0.1, 0.15) is 56.2 Å². The topological polar surface area (TPSA) is 29.3 Å². The number of aryl methyl sites for hydroxylation is 1. The van der Waals surface area contributed by atoms with Crippen molar-refractivity contribution in [3.63, 3.8) is 0 Å². The highest BCUT2D eigenvalue weighted by Crippen LogP contribution is 2.30. The first kappa shape index (κ1) is 15.5. The molecule has 0 bridgehead atoms. The van der Waals surface area contributed by atoms with Crippen LogP contribution in [0.25, 0.3) is 0 Å². The molecular formula is C17H27FN2. The summed E-state index contributed by atoms with van der Waals surface area (Å²) in [7, 11) is 0. The summed E-state index contributed by atoms with van der Waals surface area (Å²) in [5, 5.41) is 0. The largest absolute Gasteiger partial charge is 0.329 e. The molecule has 2 atom stereocenters. The summed E-state index contributed by atoms with van der Waals surface area (Å²) < 4.78 is 14.2. The summed E-state index contributed by atoms with van der Waals surface area (Å²) in [4.78, 5) is 2.45. The third-order valence-corrected chi connectivity index (χ3v) is 4.53. The molecule has 0 aromatic heterocycles. The Kier molecular flexibility index (Phi) is 5.55. The fraction of sp³-hybridized carbons (Fsp3) is 0.647. The SMILES string of the molecule is CCC1CCCCCN1C(CN)c1cc(C)ccc1F. The van der Waals surface area contributed by atoms with E-state index < -0.39 is 0 Å². The van der Waals surface area contributed by atoms with Gasteiger partial charge < -0.3 is 5.73 Å². The van der Waals surface area contributed by atoms with Gasteiger partial charge in [0.25, 0.3) is 0 Å². The number of likely N-dealkylation sites (tertiary alicyclic amines) is 1. The molecule has 0 amide bonds. The summed E-state index contributed by atoms with van der Waals surface area (Å²) in [6, 6.07) is 5.91. The number of rotatable bonds is 4. The van der Waals surface area contributed by atoms with Crippen molar-refractivity contribution in [3.05, 3.63) is 35.1 Å². The first-order valence-electron chi connectivity index (χ1n) is 7.89. The molecule has 1 fully saturated rings. The van der Waals surface area contributed by atoms with Gasteiger partial charge in [-0.1, -0.05) is 37.5 Å². The molecule has 1 saturated heterocycles. The second-order valence-corrected chi connectivity index (χ2v) is 5.93. The van der Waals surface area contributed by atoms with Gasteiger partial charge in [-0.25, -0.2) is 4.39 Å². The van der Waals surface area contributed by atoms with Crippen LogP contribution in [0.3, 0.4) is 0 Å². The van der Waals surface area contributed by atoms with Crippen LogP contribution < -0.4 is 5.73 Å². The third kappa shape index (κ3) is 3.39. The van der Waals surface area contributed by atoms with E-state index in [-0.39, 0.29) is 11.9 Å². The molecule has 1 heterocycles. The standard InChI is InChI=1S/C17H27FN2/c1-3-14-7-5-4-6-10-20(14)17(12-19)15-11-13(2)8-9-16(15)18/h8-9,11,14,17H,3-7,10,12,19H2,1-2H3. The van der Waals surface area contributed by atoms with E-state index in [0.717, 1.165) is 24.1 Å². The lowest BCUT2D eigenvalue weighted by molar-refractivity contribution is 0.133. The lowest BCUT2D eigenvalue weighted by atomic mass is 9.98. The molecule has 2 N–H and O–H groups in total. The van der Waals surface area contributed by atoms with Gasteiger partial charge in [0.05, 0.1) is 6.04 Å². The minimum absolute atomic E-state index is 0.0120. The number of nitrogens with zero attached hydrogens (tertiary/aromatic N) is 1. The molecule has 1 aromatic rings. The van der Waals surface area contributed by atoms with Gasteiger partial charge in [0, 0.05) is 18.2 Å². The second kappa shape index (κ2) is 7.19. The molecule has 0 spiro atoms. The molecule has 3 heteroatoms. The van der Waals surface area contributed by atoms with Gasteiger partial charge in [0.1, 0.15) is 5.82 Å². The van der Waals surface area contributed by atoms with E-state index in [0.29, 0.717) is 12.6 Å². The van der Waals surface area contributed by atoms with Gasteiger partial charge in [-0.2, -0.15) is 0 Å². The Morgan fingerprint density at radius 1 is 1.35 bits per heavy atom. The zero-order chi connectivity index (χ0) is 14.5. The Morgan fingerprint density at radius 2 is 2.15 bits per heavy atom. The molecule has 2 unspecified atom stereocenters. The Bertz CT molecular complexity index is 433. The molecule has 112 valence electrons. The van der Waals surface area contributed by atoms with E-state index in [9.17, 15) is 4.39 Å². The number of halogens is 1. The number of hydrogen-bond acceptors (Lipinski definition) is 2. The van der Waals surface area contributed by atoms with Crippen molar-refractivity contribution in [2.45, 2.75) is 58.0 Å². The lowest BCUT2D eigenvalue weighted by Crippen LogP contribution is -2.41. The summed E-state index contributed by atoms with van der Waals surface area (Å²) >= 11 is 0. The molecular weight excluding hydrogens is 251 g/mol. The van der Waals surface area contributed by atoms with Gasteiger partial charge in [-0.3, -0.25) is 4.90 Å². The van der Waals surface area contributed by atoms with Crippen LogP contribution in [0.4, 0.5) is 4.39 Å². The van der Waals surface area contributed by atoms with Crippen LogP contribution >= 0.6 is 0 Å². The third-order valence-electron chi connectivity index (χ3n) is 4.53. The normalized spacial score (nSPS) is 22.5. The summed E-state index contributed by atoms with van der Waals surface area (Å²) in [5.41, 5.74) is 7.89. The first-order chi connectivity index (χ1) is 9.67. The van der Waals surface area contributed by atoms with Crippen molar-refractivity contribution in [2.75, 3.05) is 13.1 Å². The highest BCUT2D eigenvalue weighted by Gasteiger charge is 2.28. The van der Waals surface area contributed by atoms with E-state index in [4.69, 9.17) is 5.73 Å². The predicted molar refractivity (Wildman–Crippen MR) is 82.2 cm³/mol. The Labute approximate surface area is 122 Å². The molecule has 0 radical (unpaired) electrons. The number of nitrogens with two attached hydrogens (primary N) is 1. The first-order valence-corrected chi connectivity index (χ1v) is 7.89. The zero-order valence-corrected chi connectivity index (χ0v) is 12.7. The van der Waals surface area contributed by atoms with E-state index in [1.54, 1.807) is 6.07 Å². The highest BCUT2D eigenvalue weighted by molar-refractivity contribution is 5.27. The Morgan fingerprint density at radius 3 is 2.85 bits per heavy atom. The van der Waals surface area contributed by atoms with Crippen molar-refractivity contribution < 1.29 is 4.39 Å². The lowest BCUT2D eigenvalue weighted by Gasteiger charge is -2.36. The molecule has 1 aromatic carbocycles. The van der Waals surface area contributed by atoms with Gasteiger partial charge in [0.2, 0.25) is 0 Å². The van der Waals surface area contributed by atoms with E-state index >= 15 is 0 Å². The smallest absolute Gasteiger partial charge is 0.128 e. The minimum atomic E-state index is -0.120. The Hall–Kier alpha value is -0.930. The van der Waals surface area contributed by atoms with Gasteiger partial charge in [-0.15, -0.1) is 0 Å². The van der Waals surface area contributed by atoms with Crippen LogP contribution in [0.2, 0.25) is 0 Å². The molecule has 1 aliphatic rings. The number of benzene rings is 1. The van der Waals surface area contributed by atoms with E-state index in [2.05, 4.69) is 11.8 Å². The van der Waals surface area contributed by atoms with E-state index in [1.807, 2.05) is 19.1 Å². The molecule has 2 rings (SSSR count). The fourth-order valence-electron chi connectivity index (χ4n) is 3.41. The highest BCUT2D eigenvalue weighted by atomic mass is 19.1.